The predicted molar refractivity (Wildman–Crippen MR) is 593 cm³/mol. The number of para-hydroxylation sites is 5. The minimum absolute atomic E-state index is 0. The van der Waals surface area contributed by atoms with Crippen molar-refractivity contribution in [2.45, 2.75) is 209 Å². The number of nitrogens with zero attached hydrogens (tertiary/aromatic N) is 7. The van der Waals surface area contributed by atoms with Gasteiger partial charge in [0.25, 0.3) is 0 Å². The van der Waals surface area contributed by atoms with Gasteiger partial charge in [0.1, 0.15) is 57.6 Å². The van der Waals surface area contributed by atoms with Crippen LogP contribution in [-0.4, -0.2) is 35.1 Å². The number of anilines is 6. The van der Waals surface area contributed by atoms with Crippen LogP contribution in [0.3, 0.4) is 0 Å². The molecule has 11 nitrogen and oxygen atoms in total. The molecular weight excluding hydrogens is 2130 g/mol. The van der Waals surface area contributed by atoms with Crippen LogP contribution < -0.4 is 9.80 Å². The van der Waals surface area contributed by atoms with Crippen LogP contribution in [0.25, 0.3) is 145 Å². The number of aromatic nitrogens is 5. The first-order valence-corrected chi connectivity index (χ1v) is 49.5. The zero-order valence-corrected chi connectivity index (χ0v) is 91.8. The Morgan fingerprint density at radius 3 is 1.01 bits per heavy atom. The number of furan rings is 1. The van der Waals surface area contributed by atoms with E-state index in [0.29, 0.717) is 62.5 Å². The number of oxazole rings is 1. The summed E-state index contributed by atoms with van der Waals surface area (Å²) < 4.78 is 13.1. The first-order chi connectivity index (χ1) is 67.2. The maximum Gasteiger partial charge on any atom is 0.141 e. The van der Waals surface area contributed by atoms with Crippen LogP contribution in [0.4, 0.5) is 34.4 Å². The fourth-order valence-corrected chi connectivity index (χ4v) is 18.6. The molecule has 14 aromatic carbocycles. The summed E-state index contributed by atoms with van der Waals surface area (Å²) in [6.45, 7) is 53.6. The molecule has 0 fully saturated rings. The normalized spacial score (nSPS) is 12.2. The summed E-state index contributed by atoms with van der Waals surface area (Å²) in [5.41, 5.74) is 31.1. The molecule has 0 atom stereocenters. The van der Waals surface area contributed by atoms with Crippen LogP contribution in [0.2, 0.25) is 0 Å². The molecule has 13 heteroatoms. The fraction of sp³-hybridized carbons (Fsp3) is 0.244. The standard InChI is InChI=1S/C67H65N4O2.C64H64N3O2.2Pt/c1-64(2,3)48-32-45(33-49(38-48)65(4,5)6)46-36-56(54-39-50(66(7,8)9)40-55(62(54)72)67(10,11)12)70-59(37-46)71(57-29-21-19-27-52(57)43-25-17-14-18-26-43)51-34-44(42-23-15-13-16-24-42)31-47(35-51)60-63-61(69-41-68-60)53-28-20-22-30-58(53)73-63;1-61(2,3)47-32-44(33-48(38-47)62(4,5)6)45-36-55(52-39-49(63(7,8)9)40-53(59(52)68)64(10,11)12)65-58(37-45)67(56-29-21-19-27-51(56)42-25-17-14-18-26-42)50-34-43(41-23-15-13-16-24-41)31-46(35-50)60-66-54-28-20-22-30-57(54)69-60;;/h13-34,36-41,72H,1-12H3;13-34,36-40,68H,1-12H3;;/q2*-1;;. The Hall–Kier alpha value is -13.7. The van der Waals surface area contributed by atoms with E-state index in [1.165, 1.54) is 22.3 Å². The molecule has 0 aliphatic heterocycles. The van der Waals surface area contributed by atoms with Crippen LogP contribution in [0.5, 0.6) is 11.5 Å². The number of rotatable bonds is 16. The molecule has 0 amide bonds. The fourth-order valence-electron chi connectivity index (χ4n) is 18.6. The maximum absolute atomic E-state index is 12.7. The van der Waals surface area contributed by atoms with Gasteiger partial charge in [-0.05, 0) is 205 Å². The average molecular weight is 2260 g/mol. The summed E-state index contributed by atoms with van der Waals surface area (Å²) >= 11 is 0. The molecule has 0 aliphatic rings. The summed E-state index contributed by atoms with van der Waals surface area (Å²) in [5.74, 6) is 2.24. The van der Waals surface area contributed by atoms with Crippen molar-refractivity contribution in [1.82, 2.24) is 24.9 Å². The van der Waals surface area contributed by atoms with E-state index in [-0.39, 0.29) is 96.9 Å². The summed E-state index contributed by atoms with van der Waals surface area (Å²) in [6, 6.07) is 122. The van der Waals surface area contributed by atoms with Gasteiger partial charge in [-0.2, -0.15) is 0 Å². The van der Waals surface area contributed by atoms with E-state index in [1.54, 1.807) is 6.33 Å². The van der Waals surface area contributed by atoms with Gasteiger partial charge in [-0.1, -0.05) is 413 Å². The second kappa shape index (κ2) is 40.1. The summed E-state index contributed by atoms with van der Waals surface area (Å²) in [4.78, 5) is 30.6. The van der Waals surface area contributed by atoms with Crippen molar-refractivity contribution in [2.24, 2.45) is 0 Å². The third-order valence-electron chi connectivity index (χ3n) is 27.0. The molecule has 19 rings (SSSR count). The van der Waals surface area contributed by atoms with E-state index in [0.717, 1.165) is 139 Å². The molecule has 0 radical (unpaired) electrons. The van der Waals surface area contributed by atoms with Crippen molar-refractivity contribution < 1.29 is 61.2 Å². The third kappa shape index (κ3) is 21.9. The van der Waals surface area contributed by atoms with E-state index < -0.39 is 0 Å². The molecule has 5 heterocycles. The van der Waals surface area contributed by atoms with Gasteiger partial charge < -0.3 is 28.8 Å². The Balaban J connectivity index is 0.000000204. The Morgan fingerprint density at radius 2 is 0.611 bits per heavy atom. The van der Waals surface area contributed by atoms with Crippen molar-refractivity contribution in [3.05, 3.63) is 391 Å². The van der Waals surface area contributed by atoms with Gasteiger partial charge in [-0.3, -0.25) is 9.97 Å². The zero-order valence-electron chi connectivity index (χ0n) is 87.2. The van der Waals surface area contributed by atoms with Crippen LogP contribution >= 0.6 is 0 Å². The quantitative estimate of drug-likeness (QED) is 0.0894. The number of aromatic hydroxyl groups is 2. The number of benzene rings is 14. The minimum atomic E-state index is -0.362. The summed E-state index contributed by atoms with van der Waals surface area (Å²) in [5, 5.41) is 26.2. The second-order valence-electron chi connectivity index (χ2n) is 46.1. The van der Waals surface area contributed by atoms with Gasteiger partial charge in [-0.15, -0.1) is 42.0 Å². The largest absolute Gasteiger partial charge is 0.507 e. The summed E-state index contributed by atoms with van der Waals surface area (Å²) in [6.07, 6.45) is 1.61. The molecule has 5 aromatic heterocycles. The van der Waals surface area contributed by atoms with E-state index in [2.05, 4.69) is 443 Å². The smallest absolute Gasteiger partial charge is 0.141 e. The van der Waals surface area contributed by atoms with Gasteiger partial charge in [-0.25, -0.2) is 15.0 Å². The summed E-state index contributed by atoms with van der Waals surface area (Å²) in [7, 11) is 0. The molecule has 0 spiro atoms. The first kappa shape index (κ1) is 103. The van der Waals surface area contributed by atoms with Gasteiger partial charge in [0.15, 0.2) is 0 Å². The van der Waals surface area contributed by atoms with Crippen LogP contribution in [0.15, 0.2) is 343 Å². The topological polar surface area (TPSA) is 138 Å². The zero-order chi connectivity index (χ0) is 101. The van der Waals surface area contributed by atoms with Gasteiger partial charge >= 0.3 is 0 Å². The minimum Gasteiger partial charge on any atom is -0.507 e. The molecule has 2 N–H and O–H groups in total. The van der Waals surface area contributed by atoms with Crippen molar-refractivity contribution in [2.75, 3.05) is 9.80 Å². The van der Waals surface area contributed by atoms with E-state index >= 15 is 0 Å². The van der Waals surface area contributed by atoms with Gasteiger partial charge in [0.2, 0.25) is 0 Å². The van der Waals surface area contributed by atoms with Crippen molar-refractivity contribution in [3.8, 4) is 123 Å². The number of phenolic OH excluding ortho intramolecular Hbond substituents is 2. The Bertz CT molecular complexity index is 7850. The number of phenols is 2. The molecular formula is C131H129N7O4Pt2-2. The molecule has 0 saturated carbocycles. The van der Waals surface area contributed by atoms with Gasteiger partial charge in [0, 0.05) is 86.6 Å². The SMILES string of the molecule is CC(C)(C)c1cc(-c2cc(-c3cc(C(C)(C)C)cc(C(C)(C)C)c3O)nc(N(c3[c-]c(-c4nc5ccccc5o4)cc(-c4ccccc4)c3)c3ccccc3-c3ccccc3)c2)cc(C(C)(C)C)c1.CC(C)(C)c1cc(-c2cc(-c3cc(C(C)(C)C)cc(C(C)(C)C)c3O)nc(N(c3[c-]c(-c4ncnc5c4oc4ccccc45)cc(-c4ccccc4)c3)c3ccccc3-c3ccccc3)c2)cc(C(C)(C)C)c1.[Pt].[Pt]. The monoisotopic (exact) mass is 2250 g/mol. The van der Waals surface area contributed by atoms with Crippen molar-refractivity contribution >= 4 is 67.6 Å². The predicted octanol–water partition coefficient (Wildman–Crippen LogP) is 36.0. The second-order valence-corrected chi connectivity index (χ2v) is 46.1. The molecule has 0 unspecified atom stereocenters. The van der Waals surface area contributed by atoms with E-state index in [4.69, 9.17) is 33.8 Å². The van der Waals surface area contributed by atoms with Gasteiger partial charge in [0.05, 0.1) is 28.3 Å². The third-order valence-corrected chi connectivity index (χ3v) is 27.0. The van der Waals surface area contributed by atoms with Crippen LogP contribution in [-0.2, 0) is 85.5 Å². The van der Waals surface area contributed by atoms with Crippen LogP contribution in [0, 0.1) is 12.1 Å². The van der Waals surface area contributed by atoms with Crippen molar-refractivity contribution in [3.63, 3.8) is 0 Å². The van der Waals surface area contributed by atoms with Crippen LogP contribution in [0.1, 0.15) is 211 Å². The molecule has 734 valence electrons. The van der Waals surface area contributed by atoms with E-state index in [1.807, 2.05) is 72.8 Å². The molecule has 0 bridgehead atoms. The average Bonchev–Trinajstić information content (AvgIpc) is 1.26. The molecule has 144 heavy (non-hydrogen) atoms. The number of hydrogen-bond acceptors (Lipinski definition) is 11. The van der Waals surface area contributed by atoms with E-state index in [9.17, 15) is 10.2 Å². The Labute approximate surface area is 880 Å². The number of hydrogen-bond donors (Lipinski definition) is 2. The number of pyridine rings is 2. The number of fused-ring (bicyclic) bond motifs is 4. The maximum atomic E-state index is 12.7. The first-order valence-electron chi connectivity index (χ1n) is 49.5. The molecule has 0 aliphatic carbocycles. The molecule has 19 aromatic rings. The molecule has 0 saturated heterocycles. The Kier molecular flexibility index (Phi) is 28.8. The Morgan fingerprint density at radius 1 is 0.271 bits per heavy atom. The van der Waals surface area contributed by atoms with Crippen molar-refractivity contribution in [1.29, 1.82) is 0 Å².